The van der Waals surface area contributed by atoms with Gasteiger partial charge in [0.15, 0.2) is 0 Å². The molecule has 0 aliphatic rings. The topological polar surface area (TPSA) is 29.1 Å². The first kappa shape index (κ1) is 14.8. The highest BCUT2D eigenvalue weighted by molar-refractivity contribution is 9.10. The lowest BCUT2D eigenvalue weighted by molar-refractivity contribution is 0.527. The Bertz CT molecular complexity index is 413. The molecular weight excluding hydrogens is 305 g/mol. The number of halogens is 2. The van der Waals surface area contributed by atoms with Gasteiger partial charge in [-0.3, -0.25) is 4.21 Å². The molecule has 3 atom stereocenters. The maximum absolute atomic E-state index is 13.7. The van der Waals surface area contributed by atoms with Crippen molar-refractivity contribution in [1.29, 1.82) is 0 Å². The summed E-state index contributed by atoms with van der Waals surface area (Å²) < 4.78 is 25.6. The van der Waals surface area contributed by atoms with Gasteiger partial charge in [-0.1, -0.05) is 22.0 Å². The van der Waals surface area contributed by atoms with Crippen molar-refractivity contribution in [2.45, 2.75) is 25.1 Å². The van der Waals surface area contributed by atoms with Crippen molar-refractivity contribution in [2.24, 2.45) is 0 Å². The van der Waals surface area contributed by atoms with Crippen LogP contribution in [0.4, 0.5) is 4.39 Å². The number of benzene rings is 1. The molecule has 0 fully saturated rings. The summed E-state index contributed by atoms with van der Waals surface area (Å²) in [4.78, 5) is 0. The summed E-state index contributed by atoms with van der Waals surface area (Å²) in [6.07, 6.45) is 1.68. The number of hydrogen-bond acceptors (Lipinski definition) is 2. The average molecular weight is 322 g/mol. The van der Waals surface area contributed by atoms with Crippen LogP contribution >= 0.6 is 15.9 Å². The van der Waals surface area contributed by atoms with Crippen LogP contribution in [-0.2, 0) is 10.8 Å². The van der Waals surface area contributed by atoms with E-state index in [1.807, 2.05) is 19.9 Å². The lowest BCUT2D eigenvalue weighted by Gasteiger charge is -2.17. The highest BCUT2D eigenvalue weighted by Gasteiger charge is 2.13. The van der Waals surface area contributed by atoms with Gasteiger partial charge in [-0.25, -0.2) is 4.39 Å². The molecule has 0 saturated carbocycles. The fourth-order valence-electron chi connectivity index (χ4n) is 1.42. The molecule has 1 aromatic carbocycles. The molecule has 0 spiro atoms. The predicted octanol–water partition coefficient (Wildman–Crippen LogP) is 3.01. The Kier molecular flexibility index (Phi) is 5.76. The van der Waals surface area contributed by atoms with Crippen LogP contribution in [0.5, 0.6) is 0 Å². The second kappa shape index (κ2) is 6.61. The van der Waals surface area contributed by atoms with Gasteiger partial charge in [0.1, 0.15) is 5.82 Å². The third kappa shape index (κ3) is 4.48. The van der Waals surface area contributed by atoms with Crippen molar-refractivity contribution in [2.75, 3.05) is 12.8 Å². The third-order valence-electron chi connectivity index (χ3n) is 2.71. The molecule has 0 saturated heterocycles. The van der Waals surface area contributed by atoms with Crippen molar-refractivity contribution < 1.29 is 8.60 Å². The summed E-state index contributed by atoms with van der Waals surface area (Å²) >= 11 is 3.23. The van der Waals surface area contributed by atoms with Gasteiger partial charge in [0.05, 0.1) is 0 Å². The zero-order valence-corrected chi connectivity index (χ0v) is 12.6. The Morgan fingerprint density at radius 1 is 1.47 bits per heavy atom. The van der Waals surface area contributed by atoms with Crippen molar-refractivity contribution in [1.82, 2.24) is 5.32 Å². The molecule has 2 nitrogen and oxygen atoms in total. The molecule has 0 aromatic heterocycles. The molecule has 1 N–H and O–H groups in total. The lowest BCUT2D eigenvalue weighted by atomic mass is 10.1. The van der Waals surface area contributed by atoms with E-state index in [0.29, 0.717) is 12.1 Å². The van der Waals surface area contributed by atoms with E-state index in [9.17, 15) is 8.60 Å². The first-order valence-corrected chi connectivity index (χ1v) is 7.83. The molecule has 0 amide bonds. The molecule has 1 aromatic rings. The predicted molar refractivity (Wildman–Crippen MR) is 74.0 cm³/mol. The molecular formula is C12H17BrFNOS. The first-order valence-electron chi connectivity index (χ1n) is 5.42. The highest BCUT2D eigenvalue weighted by atomic mass is 79.9. The minimum atomic E-state index is -0.856. The van der Waals surface area contributed by atoms with Gasteiger partial charge in [0.25, 0.3) is 0 Å². The summed E-state index contributed by atoms with van der Waals surface area (Å²) in [6.45, 7) is 4.42. The summed E-state index contributed by atoms with van der Waals surface area (Å²) in [7, 11) is -0.856. The van der Waals surface area contributed by atoms with Crippen LogP contribution in [0.25, 0.3) is 0 Å². The first-order chi connectivity index (χ1) is 7.91. The van der Waals surface area contributed by atoms with Crippen molar-refractivity contribution in [3.05, 3.63) is 34.1 Å². The summed E-state index contributed by atoms with van der Waals surface area (Å²) in [6, 6.07) is 4.94. The van der Waals surface area contributed by atoms with Gasteiger partial charge in [-0.05, 0) is 26.0 Å². The van der Waals surface area contributed by atoms with Crippen LogP contribution in [-0.4, -0.2) is 22.3 Å². The van der Waals surface area contributed by atoms with Crippen LogP contribution < -0.4 is 5.32 Å². The fourth-order valence-corrected chi connectivity index (χ4v) is 2.09. The molecule has 17 heavy (non-hydrogen) atoms. The molecule has 0 radical (unpaired) electrons. The summed E-state index contributed by atoms with van der Waals surface area (Å²) in [5, 5.41) is 3.26. The Morgan fingerprint density at radius 3 is 2.65 bits per heavy atom. The van der Waals surface area contributed by atoms with Gasteiger partial charge < -0.3 is 5.32 Å². The van der Waals surface area contributed by atoms with E-state index in [1.165, 1.54) is 6.07 Å². The van der Waals surface area contributed by atoms with E-state index in [1.54, 1.807) is 12.3 Å². The van der Waals surface area contributed by atoms with E-state index < -0.39 is 10.8 Å². The van der Waals surface area contributed by atoms with Crippen LogP contribution in [0.2, 0.25) is 0 Å². The molecule has 96 valence electrons. The highest BCUT2D eigenvalue weighted by Crippen LogP contribution is 2.20. The maximum Gasteiger partial charge on any atom is 0.129 e. The quantitative estimate of drug-likeness (QED) is 0.903. The van der Waals surface area contributed by atoms with Crippen LogP contribution in [0, 0.1) is 5.82 Å². The SMILES string of the molecule is C[C@H](NC[C@@H](C)[S@](C)=O)c1ccc(Br)cc1F. The molecule has 0 bridgehead atoms. The maximum atomic E-state index is 13.7. The molecule has 0 unspecified atom stereocenters. The smallest absolute Gasteiger partial charge is 0.129 e. The van der Waals surface area contributed by atoms with Gasteiger partial charge in [0.2, 0.25) is 0 Å². The lowest BCUT2D eigenvalue weighted by Crippen LogP contribution is -2.30. The van der Waals surface area contributed by atoms with Crippen molar-refractivity contribution >= 4 is 26.7 Å². The minimum Gasteiger partial charge on any atom is -0.309 e. The van der Waals surface area contributed by atoms with E-state index in [0.717, 1.165) is 4.47 Å². The van der Waals surface area contributed by atoms with Crippen LogP contribution in [0.3, 0.4) is 0 Å². The zero-order valence-electron chi connectivity index (χ0n) is 10.2. The van der Waals surface area contributed by atoms with Gasteiger partial charge in [-0.2, -0.15) is 0 Å². The summed E-state index contributed by atoms with van der Waals surface area (Å²) in [5.74, 6) is -0.232. The second-order valence-corrected chi connectivity index (χ2v) is 6.82. The zero-order chi connectivity index (χ0) is 13.0. The Balaban J connectivity index is 2.64. The standard InChI is InChI=1S/C12H17BrFNOS/c1-8(17(3)16)7-15-9(2)11-5-4-10(13)6-12(11)14/h4-6,8-9,15H,7H2,1-3H3/t8-,9+,17+/m1/s1. The molecule has 5 heteroatoms. The average Bonchev–Trinajstić information content (AvgIpc) is 2.25. The Labute approximate surface area is 113 Å². The number of nitrogens with one attached hydrogen (secondary N) is 1. The van der Waals surface area contributed by atoms with Crippen LogP contribution in [0.1, 0.15) is 25.5 Å². The Hall–Kier alpha value is -0.260. The monoisotopic (exact) mass is 321 g/mol. The number of hydrogen-bond donors (Lipinski definition) is 1. The third-order valence-corrected chi connectivity index (χ3v) is 4.50. The van der Waals surface area contributed by atoms with Crippen molar-refractivity contribution in [3.63, 3.8) is 0 Å². The van der Waals surface area contributed by atoms with E-state index >= 15 is 0 Å². The summed E-state index contributed by atoms with van der Waals surface area (Å²) in [5.41, 5.74) is 0.627. The largest absolute Gasteiger partial charge is 0.309 e. The normalized spacial score (nSPS) is 16.5. The fraction of sp³-hybridized carbons (Fsp3) is 0.500. The molecule has 0 heterocycles. The van der Waals surface area contributed by atoms with E-state index in [-0.39, 0.29) is 17.1 Å². The number of rotatable bonds is 5. The van der Waals surface area contributed by atoms with E-state index in [4.69, 9.17) is 0 Å². The van der Waals surface area contributed by atoms with Crippen molar-refractivity contribution in [3.8, 4) is 0 Å². The van der Waals surface area contributed by atoms with Crippen LogP contribution in [0.15, 0.2) is 22.7 Å². The molecule has 0 aliphatic heterocycles. The second-order valence-electron chi connectivity index (χ2n) is 4.10. The van der Waals surface area contributed by atoms with Gasteiger partial charge >= 0.3 is 0 Å². The minimum absolute atomic E-state index is 0.0657. The van der Waals surface area contributed by atoms with Gasteiger partial charge in [0, 0.05) is 44.9 Å². The molecule has 0 aliphatic carbocycles. The molecule has 1 rings (SSSR count). The Morgan fingerprint density at radius 2 is 2.12 bits per heavy atom. The van der Waals surface area contributed by atoms with Gasteiger partial charge in [-0.15, -0.1) is 0 Å². The van der Waals surface area contributed by atoms with E-state index in [2.05, 4.69) is 21.2 Å².